The molecule has 230 valence electrons. The van der Waals surface area contributed by atoms with E-state index in [1.54, 1.807) is 63.2 Å². The number of hydrogen-bond donors (Lipinski definition) is 0. The lowest BCUT2D eigenvalue weighted by atomic mass is 10.1. The van der Waals surface area contributed by atoms with Crippen LogP contribution in [0, 0.1) is 13.8 Å². The topological polar surface area (TPSA) is 141 Å². The van der Waals surface area contributed by atoms with Crippen LogP contribution >= 0.6 is 0 Å². The minimum absolute atomic E-state index is 0.126. The molecule has 5 rings (SSSR count). The van der Waals surface area contributed by atoms with Crippen molar-refractivity contribution in [2.24, 2.45) is 0 Å². The average Bonchev–Trinajstić information content (AvgIpc) is 3.43. The van der Waals surface area contributed by atoms with Gasteiger partial charge in [-0.2, -0.15) is 16.8 Å². The molecule has 2 aliphatic heterocycles. The van der Waals surface area contributed by atoms with Crippen molar-refractivity contribution in [2.45, 2.75) is 74.0 Å². The smallest absolute Gasteiger partial charge is 0.338 e. The molecule has 2 aliphatic rings. The molecule has 3 aromatic rings. The maximum atomic E-state index is 13.4. The SMILES string of the molecule is Cc1ccc(S(=O)(=O)O[C@@H]2[C@H]3OC(C)(C)O[C@H]3O[C@@H]2[C@@H](COC(=O)c2ccccc2)OS(=O)(=O)c2ccc(C)cc2)cc1. The lowest BCUT2D eigenvalue weighted by Gasteiger charge is -2.30. The Morgan fingerprint density at radius 1 is 0.814 bits per heavy atom. The zero-order chi connectivity index (χ0) is 31.0. The van der Waals surface area contributed by atoms with Crippen molar-refractivity contribution < 1.29 is 48.9 Å². The van der Waals surface area contributed by atoms with Crippen LogP contribution in [-0.4, -0.2) is 65.9 Å². The van der Waals surface area contributed by atoms with E-state index in [2.05, 4.69) is 0 Å². The summed E-state index contributed by atoms with van der Waals surface area (Å²) in [7, 11) is -8.86. The van der Waals surface area contributed by atoms with Crippen LogP contribution in [0.3, 0.4) is 0 Å². The largest absolute Gasteiger partial charge is 0.459 e. The third-order valence-corrected chi connectivity index (χ3v) is 9.56. The molecule has 3 aromatic carbocycles. The first-order valence-corrected chi connectivity index (χ1v) is 16.3. The number of benzene rings is 3. The van der Waals surface area contributed by atoms with Gasteiger partial charge in [-0.25, -0.2) is 4.79 Å². The summed E-state index contributed by atoms with van der Waals surface area (Å²) in [5, 5.41) is 0. The van der Waals surface area contributed by atoms with E-state index in [4.69, 9.17) is 27.3 Å². The summed E-state index contributed by atoms with van der Waals surface area (Å²) in [6.07, 6.45) is -6.63. The van der Waals surface area contributed by atoms with Crippen LogP contribution in [0.2, 0.25) is 0 Å². The fourth-order valence-electron chi connectivity index (χ4n) is 4.74. The van der Waals surface area contributed by atoms with Gasteiger partial charge in [0.25, 0.3) is 20.2 Å². The first-order valence-electron chi connectivity index (χ1n) is 13.5. The van der Waals surface area contributed by atoms with E-state index < -0.39 is 69.3 Å². The summed E-state index contributed by atoms with van der Waals surface area (Å²) in [6.45, 7) is 6.21. The molecule has 0 aromatic heterocycles. The maximum Gasteiger partial charge on any atom is 0.338 e. The van der Waals surface area contributed by atoms with Crippen molar-refractivity contribution >= 4 is 26.2 Å². The number of aryl methyl sites for hydroxylation is 2. The molecule has 43 heavy (non-hydrogen) atoms. The van der Waals surface area contributed by atoms with E-state index in [1.807, 2.05) is 6.92 Å². The Balaban J connectivity index is 1.48. The van der Waals surface area contributed by atoms with Gasteiger partial charge in [0.15, 0.2) is 12.1 Å². The van der Waals surface area contributed by atoms with Gasteiger partial charge < -0.3 is 18.9 Å². The summed E-state index contributed by atoms with van der Waals surface area (Å²) in [5.41, 5.74) is 1.88. The molecule has 13 heteroatoms. The first-order chi connectivity index (χ1) is 20.2. The summed E-state index contributed by atoms with van der Waals surface area (Å²) in [6, 6.07) is 20.0. The zero-order valence-electron chi connectivity index (χ0n) is 23.9. The lowest BCUT2D eigenvalue weighted by molar-refractivity contribution is -0.223. The molecular formula is C30H32O11S2. The molecule has 11 nitrogen and oxygen atoms in total. The third-order valence-electron chi connectivity index (χ3n) is 6.89. The summed E-state index contributed by atoms with van der Waals surface area (Å²) < 4.78 is 88.0. The van der Waals surface area contributed by atoms with Gasteiger partial charge in [-0.3, -0.25) is 8.37 Å². The first kappa shape index (κ1) is 31.3. The van der Waals surface area contributed by atoms with Crippen LogP contribution in [0.4, 0.5) is 0 Å². The Morgan fingerprint density at radius 2 is 1.37 bits per heavy atom. The Hall–Kier alpha value is -3.17. The normalized spacial score (nSPS) is 23.9. The van der Waals surface area contributed by atoms with Gasteiger partial charge >= 0.3 is 5.97 Å². The molecule has 0 unspecified atom stereocenters. The molecule has 2 saturated heterocycles. The Morgan fingerprint density at radius 3 is 1.95 bits per heavy atom. The Bertz CT molecular complexity index is 1650. The minimum Gasteiger partial charge on any atom is -0.459 e. The second-order valence-corrected chi connectivity index (χ2v) is 13.9. The highest BCUT2D eigenvalue weighted by Crippen LogP contribution is 2.41. The molecule has 0 amide bonds. The molecule has 5 atom stereocenters. The highest BCUT2D eigenvalue weighted by molar-refractivity contribution is 7.87. The molecule has 2 fully saturated rings. The second-order valence-electron chi connectivity index (χ2n) is 10.8. The summed E-state index contributed by atoms with van der Waals surface area (Å²) >= 11 is 0. The monoisotopic (exact) mass is 632 g/mol. The van der Waals surface area contributed by atoms with Crippen molar-refractivity contribution in [1.82, 2.24) is 0 Å². The molecule has 0 aliphatic carbocycles. The highest BCUT2D eigenvalue weighted by atomic mass is 32.2. The van der Waals surface area contributed by atoms with Crippen molar-refractivity contribution in [1.29, 1.82) is 0 Å². The quantitative estimate of drug-likeness (QED) is 0.238. The van der Waals surface area contributed by atoms with Crippen LogP contribution in [0.1, 0.15) is 35.3 Å². The second kappa shape index (κ2) is 12.1. The predicted octanol–water partition coefficient (Wildman–Crippen LogP) is 3.88. The molecule has 0 spiro atoms. The number of rotatable bonds is 10. The van der Waals surface area contributed by atoms with Gasteiger partial charge in [0.1, 0.15) is 31.0 Å². The Kier molecular flexibility index (Phi) is 8.78. The van der Waals surface area contributed by atoms with Gasteiger partial charge in [0.2, 0.25) is 0 Å². The van der Waals surface area contributed by atoms with Crippen molar-refractivity contribution in [3.8, 4) is 0 Å². The summed E-state index contributed by atoms with van der Waals surface area (Å²) in [5.74, 6) is -1.90. The Labute approximate surface area is 250 Å². The van der Waals surface area contributed by atoms with Gasteiger partial charge in [0, 0.05) is 0 Å². The van der Waals surface area contributed by atoms with Crippen LogP contribution in [0.15, 0.2) is 88.7 Å². The highest BCUT2D eigenvalue weighted by Gasteiger charge is 2.59. The number of fused-ring (bicyclic) bond motifs is 1. The molecule has 0 radical (unpaired) electrons. The fourth-order valence-corrected chi connectivity index (χ4v) is 6.90. The van der Waals surface area contributed by atoms with Gasteiger partial charge in [-0.05, 0) is 64.1 Å². The average molecular weight is 633 g/mol. The number of hydrogen-bond acceptors (Lipinski definition) is 11. The van der Waals surface area contributed by atoms with Crippen LogP contribution < -0.4 is 0 Å². The van der Waals surface area contributed by atoms with Crippen LogP contribution in [-0.2, 0) is 47.5 Å². The van der Waals surface area contributed by atoms with Crippen LogP contribution in [0.25, 0.3) is 0 Å². The molecule has 0 N–H and O–H groups in total. The van der Waals surface area contributed by atoms with E-state index in [0.717, 1.165) is 11.1 Å². The molecule has 0 bridgehead atoms. The molecular weight excluding hydrogens is 600 g/mol. The van der Waals surface area contributed by atoms with E-state index in [1.165, 1.54) is 36.4 Å². The molecule has 0 saturated carbocycles. The number of carbonyl (C=O) groups excluding carboxylic acids is 1. The van der Waals surface area contributed by atoms with Gasteiger partial charge in [-0.1, -0.05) is 53.6 Å². The van der Waals surface area contributed by atoms with E-state index in [9.17, 15) is 21.6 Å². The van der Waals surface area contributed by atoms with E-state index in [0.29, 0.717) is 0 Å². The summed E-state index contributed by atoms with van der Waals surface area (Å²) in [4.78, 5) is 12.5. The van der Waals surface area contributed by atoms with Gasteiger partial charge in [-0.15, -0.1) is 0 Å². The van der Waals surface area contributed by atoms with Crippen LogP contribution in [0.5, 0.6) is 0 Å². The lowest BCUT2D eigenvalue weighted by Crippen LogP contribution is -2.47. The van der Waals surface area contributed by atoms with E-state index >= 15 is 0 Å². The van der Waals surface area contributed by atoms with E-state index in [-0.39, 0.29) is 15.4 Å². The zero-order valence-corrected chi connectivity index (χ0v) is 25.5. The third kappa shape index (κ3) is 7.15. The standard InChI is InChI=1S/C30H32O11S2/c1-19-10-14-22(15-11-19)42(32,33)40-24(18-36-28(31)21-8-6-5-7-9-21)25-26(27-29(37-25)39-30(3,4)38-27)41-43(34,35)23-16-12-20(2)13-17-23/h5-17,24-27,29H,18H2,1-4H3/t24-,25-,26+,27-,29-/m1/s1. The maximum absolute atomic E-state index is 13.4. The number of ether oxygens (including phenoxy) is 4. The minimum atomic E-state index is -4.45. The molecule has 2 heterocycles. The number of carbonyl (C=O) groups is 1. The predicted molar refractivity (Wildman–Crippen MR) is 152 cm³/mol. The number of esters is 1. The van der Waals surface area contributed by atoms with Gasteiger partial charge in [0.05, 0.1) is 15.4 Å². The fraction of sp³-hybridized carbons (Fsp3) is 0.367. The van der Waals surface area contributed by atoms with Crippen molar-refractivity contribution in [2.75, 3.05) is 6.61 Å². The van der Waals surface area contributed by atoms with Crippen molar-refractivity contribution in [3.05, 3.63) is 95.6 Å². The van der Waals surface area contributed by atoms with Crippen molar-refractivity contribution in [3.63, 3.8) is 0 Å².